The summed E-state index contributed by atoms with van der Waals surface area (Å²) in [6.07, 6.45) is 4.92. The molecule has 4 heteroatoms. The molecular weight excluding hydrogens is 254 g/mol. The fourth-order valence-corrected chi connectivity index (χ4v) is 2.21. The standard InChI is InChI=1S/C16H19NO3/c1-2-3-7-10-20-16(19)13-11-15(18)17(12-13)14-8-5-4-6-9-14/h3-9,13H,2,10-12H2,1H3/b7-3+. The molecule has 1 atom stereocenters. The highest BCUT2D eigenvalue weighted by Gasteiger charge is 2.35. The molecule has 1 amide bonds. The molecule has 0 saturated carbocycles. The molecule has 1 fully saturated rings. The number of nitrogens with zero attached hydrogens (tertiary/aromatic N) is 1. The summed E-state index contributed by atoms with van der Waals surface area (Å²) in [4.78, 5) is 25.5. The number of benzene rings is 1. The molecule has 0 radical (unpaired) electrons. The molecule has 1 aromatic carbocycles. The van der Waals surface area contributed by atoms with Gasteiger partial charge in [-0.2, -0.15) is 0 Å². The fraction of sp³-hybridized carbons (Fsp3) is 0.375. The number of rotatable bonds is 5. The monoisotopic (exact) mass is 273 g/mol. The van der Waals surface area contributed by atoms with Crippen LogP contribution in [-0.2, 0) is 14.3 Å². The molecule has 1 unspecified atom stereocenters. The summed E-state index contributed by atoms with van der Waals surface area (Å²) in [7, 11) is 0. The van der Waals surface area contributed by atoms with Crippen molar-refractivity contribution in [2.24, 2.45) is 5.92 Å². The van der Waals surface area contributed by atoms with E-state index >= 15 is 0 Å². The SMILES string of the molecule is CC/C=C/COC(=O)C1CC(=O)N(c2ccccc2)C1. The number of esters is 1. The molecular formula is C16H19NO3. The second-order valence-corrected chi connectivity index (χ2v) is 4.75. The van der Waals surface area contributed by atoms with Crippen LogP contribution in [-0.4, -0.2) is 25.0 Å². The topological polar surface area (TPSA) is 46.6 Å². The van der Waals surface area contributed by atoms with Crippen molar-refractivity contribution in [3.63, 3.8) is 0 Å². The number of ether oxygens (including phenoxy) is 1. The number of hydrogen-bond donors (Lipinski definition) is 0. The Morgan fingerprint density at radius 2 is 2.10 bits per heavy atom. The quantitative estimate of drug-likeness (QED) is 0.612. The van der Waals surface area contributed by atoms with Gasteiger partial charge < -0.3 is 9.64 Å². The van der Waals surface area contributed by atoms with E-state index in [1.807, 2.05) is 49.4 Å². The van der Waals surface area contributed by atoms with Gasteiger partial charge in [-0.3, -0.25) is 9.59 Å². The van der Waals surface area contributed by atoms with Crippen molar-refractivity contribution in [2.75, 3.05) is 18.1 Å². The second-order valence-electron chi connectivity index (χ2n) is 4.75. The van der Waals surface area contributed by atoms with Crippen LogP contribution in [0.1, 0.15) is 19.8 Å². The van der Waals surface area contributed by atoms with Crippen LogP contribution in [0, 0.1) is 5.92 Å². The highest BCUT2D eigenvalue weighted by molar-refractivity contribution is 5.99. The number of carbonyl (C=O) groups excluding carboxylic acids is 2. The predicted molar refractivity (Wildman–Crippen MR) is 77.3 cm³/mol. The number of hydrogen-bond acceptors (Lipinski definition) is 3. The first-order chi connectivity index (χ1) is 9.72. The summed E-state index contributed by atoms with van der Waals surface area (Å²) in [5.41, 5.74) is 0.832. The molecule has 0 N–H and O–H groups in total. The summed E-state index contributed by atoms with van der Waals surface area (Å²) < 4.78 is 5.16. The van der Waals surface area contributed by atoms with Crippen LogP contribution in [0.15, 0.2) is 42.5 Å². The summed E-state index contributed by atoms with van der Waals surface area (Å²) >= 11 is 0. The van der Waals surface area contributed by atoms with Crippen molar-refractivity contribution in [2.45, 2.75) is 19.8 Å². The second kappa shape index (κ2) is 6.89. The lowest BCUT2D eigenvalue weighted by atomic mass is 10.1. The Kier molecular flexibility index (Phi) is 4.93. The van der Waals surface area contributed by atoms with E-state index in [0.29, 0.717) is 6.54 Å². The minimum absolute atomic E-state index is 0.0257. The van der Waals surface area contributed by atoms with Crippen molar-refractivity contribution >= 4 is 17.6 Å². The first-order valence-electron chi connectivity index (χ1n) is 6.89. The molecule has 2 rings (SSSR count). The van der Waals surface area contributed by atoms with E-state index in [-0.39, 0.29) is 30.8 Å². The van der Waals surface area contributed by atoms with Crippen LogP contribution in [0.25, 0.3) is 0 Å². The Balaban J connectivity index is 1.92. The van der Waals surface area contributed by atoms with Crippen molar-refractivity contribution in [1.82, 2.24) is 0 Å². The lowest BCUT2D eigenvalue weighted by Crippen LogP contribution is -2.26. The molecule has 1 aliphatic rings. The van der Waals surface area contributed by atoms with Gasteiger partial charge in [-0.25, -0.2) is 0 Å². The Hall–Kier alpha value is -2.10. The molecule has 0 bridgehead atoms. The first kappa shape index (κ1) is 14.3. The van der Waals surface area contributed by atoms with Crippen molar-refractivity contribution in [3.05, 3.63) is 42.5 Å². The van der Waals surface area contributed by atoms with Crippen LogP contribution < -0.4 is 4.90 Å². The van der Waals surface area contributed by atoms with E-state index in [0.717, 1.165) is 12.1 Å². The van der Waals surface area contributed by atoms with Crippen LogP contribution in [0.2, 0.25) is 0 Å². The van der Waals surface area contributed by atoms with Gasteiger partial charge in [0.15, 0.2) is 0 Å². The summed E-state index contributed by atoms with van der Waals surface area (Å²) in [6, 6.07) is 9.40. The Labute approximate surface area is 119 Å². The van der Waals surface area contributed by atoms with Gasteiger partial charge in [-0.15, -0.1) is 0 Å². The maximum atomic E-state index is 12.0. The number of allylic oxidation sites excluding steroid dienone is 1. The van der Waals surface area contributed by atoms with Gasteiger partial charge in [0, 0.05) is 18.7 Å². The third-order valence-corrected chi connectivity index (χ3v) is 3.25. The largest absolute Gasteiger partial charge is 0.461 e. The average Bonchev–Trinajstić information content (AvgIpc) is 2.86. The lowest BCUT2D eigenvalue weighted by Gasteiger charge is -2.16. The van der Waals surface area contributed by atoms with Crippen molar-refractivity contribution in [1.29, 1.82) is 0 Å². The van der Waals surface area contributed by atoms with E-state index in [2.05, 4.69) is 0 Å². The molecule has 20 heavy (non-hydrogen) atoms. The highest BCUT2D eigenvalue weighted by atomic mass is 16.5. The molecule has 1 saturated heterocycles. The molecule has 4 nitrogen and oxygen atoms in total. The van der Waals surface area contributed by atoms with Gasteiger partial charge in [0.2, 0.25) is 5.91 Å². The summed E-state index contributed by atoms with van der Waals surface area (Å²) in [5, 5.41) is 0. The van der Waals surface area contributed by atoms with Crippen LogP contribution in [0.4, 0.5) is 5.69 Å². The summed E-state index contributed by atoms with van der Waals surface area (Å²) in [6.45, 7) is 2.70. The zero-order valence-corrected chi connectivity index (χ0v) is 11.6. The van der Waals surface area contributed by atoms with Crippen molar-refractivity contribution in [3.8, 4) is 0 Å². The summed E-state index contributed by atoms with van der Waals surface area (Å²) in [5.74, 6) is -0.683. The Bertz CT molecular complexity index is 496. The van der Waals surface area contributed by atoms with Crippen LogP contribution in [0.5, 0.6) is 0 Å². The number of carbonyl (C=O) groups is 2. The third-order valence-electron chi connectivity index (χ3n) is 3.25. The minimum Gasteiger partial charge on any atom is -0.461 e. The minimum atomic E-state index is -0.363. The van der Waals surface area contributed by atoms with Gasteiger partial charge in [-0.1, -0.05) is 37.3 Å². The fourth-order valence-electron chi connectivity index (χ4n) is 2.21. The van der Waals surface area contributed by atoms with Gasteiger partial charge in [0.05, 0.1) is 5.92 Å². The predicted octanol–water partition coefficient (Wildman–Crippen LogP) is 2.55. The average molecular weight is 273 g/mol. The zero-order chi connectivity index (χ0) is 14.4. The molecule has 0 aliphatic carbocycles. The lowest BCUT2D eigenvalue weighted by molar-refractivity contribution is -0.147. The zero-order valence-electron chi connectivity index (χ0n) is 11.6. The molecule has 1 heterocycles. The molecule has 0 spiro atoms. The maximum absolute atomic E-state index is 12.0. The van der Waals surface area contributed by atoms with Crippen LogP contribution in [0.3, 0.4) is 0 Å². The Morgan fingerprint density at radius 1 is 1.35 bits per heavy atom. The van der Waals surface area contributed by atoms with E-state index in [1.165, 1.54) is 0 Å². The molecule has 1 aromatic rings. The molecule has 106 valence electrons. The first-order valence-corrected chi connectivity index (χ1v) is 6.89. The Morgan fingerprint density at radius 3 is 2.80 bits per heavy atom. The van der Waals surface area contributed by atoms with Crippen molar-refractivity contribution < 1.29 is 14.3 Å². The number of anilines is 1. The molecule has 1 aliphatic heterocycles. The van der Waals surface area contributed by atoms with E-state index < -0.39 is 0 Å². The van der Waals surface area contributed by atoms with E-state index in [4.69, 9.17) is 4.74 Å². The van der Waals surface area contributed by atoms with Gasteiger partial charge in [0.1, 0.15) is 6.61 Å². The highest BCUT2D eigenvalue weighted by Crippen LogP contribution is 2.25. The van der Waals surface area contributed by atoms with Gasteiger partial charge in [-0.05, 0) is 18.6 Å². The number of para-hydroxylation sites is 1. The number of amides is 1. The molecule has 0 aromatic heterocycles. The van der Waals surface area contributed by atoms with Gasteiger partial charge in [0.25, 0.3) is 0 Å². The van der Waals surface area contributed by atoms with E-state index in [9.17, 15) is 9.59 Å². The normalized spacial score (nSPS) is 18.8. The third kappa shape index (κ3) is 3.47. The van der Waals surface area contributed by atoms with Gasteiger partial charge >= 0.3 is 5.97 Å². The maximum Gasteiger partial charge on any atom is 0.311 e. The van der Waals surface area contributed by atoms with Crippen LogP contribution >= 0.6 is 0 Å². The smallest absolute Gasteiger partial charge is 0.311 e. The van der Waals surface area contributed by atoms with E-state index in [1.54, 1.807) is 4.90 Å².